The zero-order valence-corrected chi connectivity index (χ0v) is 13.7. The summed E-state index contributed by atoms with van der Waals surface area (Å²) in [6.45, 7) is 0.544. The maximum absolute atomic E-state index is 5.74. The molecule has 3 aromatic rings. The SMILES string of the molecule is S=c1[nH][nH]c(=S)n1/N=C\c1ccc(OCc2ccccc2)cc1. The predicted octanol–water partition coefficient (Wildman–Crippen LogP) is 4.06. The summed E-state index contributed by atoms with van der Waals surface area (Å²) in [7, 11) is 0. The predicted molar refractivity (Wildman–Crippen MR) is 95.0 cm³/mol. The molecular weight excluding hydrogens is 328 g/mol. The molecule has 2 N–H and O–H groups in total. The molecule has 116 valence electrons. The Morgan fingerprint density at radius 3 is 2.26 bits per heavy atom. The van der Waals surface area contributed by atoms with Crippen molar-refractivity contribution in [2.75, 3.05) is 0 Å². The van der Waals surface area contributed by atoms with E-state index in [-0.39, 0.29) is 0 Å². The maximum Gasteiger partial charge on any atom is 0.215 e. The highest BCUT2D eigenvalue weighted by molar-refractivity contribution is 7.72. The van der Waals surface area contributed by atoms with Crippen molar-refractivity contribution >= 4 is 30.7 Å². The molecule has 0 unspecified atom stereocenters. The van der Waals surface area contributed by atoms with Crippen LogP contribution in [0, 0.1) is 9.54 Å². The van der Waals surface area contributed by atoms with Crippen LogP contribution in [0.3, 0.4) is 0 Å². The van der Waals surface area contributed by atoms with E-state index in [1.165, 1.54) is 4.68 Å². The Labute approximate surface area is 143 Å². The fourth-order valence-electron chi connectivity index (χ4n) is 1.93. The highest BCUT2D eigenvalue weighted by atomic mass is 32.1. The minimum atomic E-state index is 0.425. The molecule has 23 heavy (non-hydrogen) atoms. The average Bonchev–Trinajstić information content (AvgIpc) is 2.91. The van der Waals surface area contributed by atoms with Gasteiger partial charge in [0.1, 0.15) is 12.4 Å². The fraction of sp³-hybridized carbons (Fsp3) is 0.0625. The van der Waals surface area contributed by atoms with Crippen LogP contribution in [0.1, 0.15) is 11.1 Å². The summed E-state index contributed by atoms with van der Waals surface area (Å²) in [5.41, 5.74) is 2.06. The Bertz CT molecular complexity index is 880. The van der Waals surface area contributed by atoms with Crippen LogP contribution < -0.4 is 4.74 Å². The van der Waals surface area contributed by atoms with E-state index in [4.69, 9.17) is 29.2 Å². The molecule has 0 bridgehead atoms. The maximum atomic E-state index is 5.74. The minimum Gasteiger partial charge on any atom is -0.489 e. The van der Waals surface area contributed by atoms with Crippen molar-refractivity contribution in [1.29, 1.82) is 0 Å². The number of H-pyrrole nitrogens is 2. The van der Waals surface area contributed by atoms with E-state index < -0.39 is 0 Å². The fourth-order valence-corrected chi connectivity index (χ4v) is 2.36. The highest BCUT2D eigenvalue weighted by Crippen LogP contribution is 2.13. The molecule has 0 radical (unpaired) electrons. The molecule has 0 aliphatic heterocycles. The molecule has 0 amide bonds. The van der Waals surface area contributed by atoms with E-state index in [9.17, 15) is 0 Å². The molecule has 0 spiro atoms. The lowest BCUT2D eigenvalue weighted by molar-refractivity contribution is 0.306. The van der Waals surface area contributed by atoms with Crippen molar-refractivity contribution in [2.24, 2.45) is 5.10 Å². The number of hydrogen-bond acceptors (Lipinski definition) is 4. The summed E-state index contributed by atoms with van der Waals surface area (Å²) in [4.78, 5) is 0. The van der Waals surface area contributed by atoms with Gasteiger partial charge in [0, 0.05) is 0 Å². The van der Waals surface area contributed by atoms with Gasteiger partial charge in [-0.3, -0.25) is 10.2 Å². The van der Waals surface area contributed by atoms with Crippen molar-refractivity contribution in [1.82, 2.24) is 14.9 Å². The van der Waals surface area contributed by atoms with Crippen LogP contribution in [0.15, 0.2) is 59.7 Å². The van der Waals surface area contributed by atoms with Crippen LogP contribution in [0.2, 0.25) is 0 Å². The van der Waals surface area contributed by atoms with Crippen molar-refractivity contribution in [3.05, 3.63) is 75.3 Å². The normalized spacial score (nSPS) is 11.0. The summed E-state index contributed by atoms with van der Waals surface area (Å²) >= 11 is 10.1. The first-order chi connectivity index (χ1) is 11.2. The lowest BCUT2D eigenvalue weighted by Gasteiger charge is -2.06. The summed E-state index contributed by atoms with van der Waals surface area (Å²) in [6.07, 6.45) is 1.69. The van der Waals surface area contributed by atoms with Crippen molar-refractivity contribution < 1.29 is 4.74 Å². The van der Waals surface area contributed by atoms with Gasteiger partial charge in [-0.1, -0.05) is 30.3 Å². The number of hydrogen-bond donors (Lipinski definition) is 2. The molecule has 3 rings (SSSR count). The Hall–Kier alpha value is -2.51. The lowest BCUT2D eigenvalue weighted by atomic mass is 10.2. The van der Waals surface area contributed by atoms with Crippen LogP contribution in [0.5, 0.6) is 5.75 Å². The van der Waals surface area contributed by atoms with Crippen LogP contribution in [-0.4, -0.2) is 21.1 Å². The second-order valence-corrected chi connectivity index (χ2v) is 5.53. The van der Waals surface area contributed by atoms with Gasteiger partial charge in [0.15, 0.2) is 0 Å². The van der Waals surface area contributed by atoms with Gasteiger partial charge in [-0.05, 0) is 59.8 Å². The first-order valence-electron chi connectivity index (χ1n) is 6.93. The largest absolute Gasteiger partial charge is 0.489 e. The molecule has 0 aliphatic carbocycles. The van der Waals surface area contributed by atoms with E-state index in [2.05, 4.69) is 15.3 Å². The third kappa shape index (κ3) is 4.02. The number of benzene rings is 2. The van der Waals surface area contributed by atoms with E-state index in [1.54, 1.807) is 6.21 Å². The summed E-state index contributed by atoms with van der Waals surface area (Å²) in [6, 6.07) is 17.7. The number of nitrogens with zero attached hydrogens (tertiary/aromatic N) is 2. The Kier molecular flexibility index (Phi) is 4.80. The van der Waals surface area contributed by atoms with E-state index in [1.807, 2.05) is 54.6 Å². The standard InChI is InChI=1S/C16H14N4OS2/c22-15-18-19-16(23)20(15)17-10-12-6-8-14(9-7-12)21-11-13-4-2-1-3-5-13/h1-10H,11H2,(H,18,22)(H,19,23)/b17-10-. The van der Waals surface area contributed by atoms with Gasteiger partial charge in [0.05, 0.1) is 6.21 Å². The number of rotatable bonds is 5. The van der Waals surface area contributed by atoms with E-state index in [0.717, 1.165) is 16.9 Å². The third-order valence-electron chi connectivity index (χ3n) is 3.11. The number of aromatic nitrogens is 3. The first kappa shape index (κ1) is 15.4. The number of nitrogens with one attached hydrogen (secondary N) is 2. The van der Waals surface area contributed by atoms with Gasteiger partial charge < -0.3 is 4.74 Å². The van der Waals surface area contributed by atoms with E-state index in [0.29, 0.717) is 16.1 Å². The molecule has 2 aromatic carbocycles. The second-order valence-electron chi connectivity index (χ2n) is 4.76. The zero-order chi connectivity index (χ0) is 16.1. The first-order valence-corrected chi connectivity index (χ1v) is 7.75. The molecule has 5 nitrogen and oxygen atoms in total. The summed E-state index contributed by atoms with van der Waals surface area (Å²) in [5.74, 6) is 0.807. The van der Waals surface area contributed by atoms with Gasteiger partial charge in [-0.2, -0.15) is 9.78 Å². The van der Waals surface area contributed by atoms with Gasteiger partial charge in [-0.25, -0.2) is 0 Å². The molecule has 0 saturated carbocycles. The molecule has 0 saturated heterocycles. The van der Waals surface area contributed by atoms with Gasteiger partial charge in [0.25, 0.3) is 0 Å². The molecule has 0 fully saturated rings. The summed E-state index contributed by atoms with van der Waals surface area (Å²) < 4.78 is 8.04. The molecule has 1 heterocycles. The molecule has 7 heteroatoms. The van der Waals surface area contributed by atoms with Crippen LogP contribution in [-0.2, 0) is 6.61 Å². The van der Waals surface area contributed by atoms with E-state index >= 15 is 0 Å². The molecule has 1 aromatic heterocycles. The van der Waals surface area contributed by atoms with Crippen LogP contribution >= 0.6 is 24.4 Å². The highest BCUT2D eigenvalue weighted by Gasteiger charge is 1.97. The molecule has 0 aliphatic rings. The van der Waals surface area contributed by atoms with Crippen LogP contribution in [0.4, 0.5) is 0 Å². The van der Waals surface area contributed by atoms with Crippen LogP contribution in [0.25, 0.3) is 0 Å². The average molecular weight is 342 g/mol. The van der Waals surface area contributed by atoms with Crippen molar-refractivity contribution in [2.45, 2.75) is 6.61 Å². The second kappa shape index (κ2) is 7.17. The third-order valence-corrected chi connectivity index (χ3v) is 3.66. The molecular formula is C16H14N4OS2. The van der Waals surface area contributed by atoms with Gasteiger partial charge >= 0.3 is 0 Å². The van der Waals surface area contributed by atoms with Gasteiger partial charge in [-0.15, -0.1) is 0 Å². The number of ether oxygens (including phenoxy) is 1. The Morgan fingerprint density at radius 2 is 1.61 bits per heavy atom. The van der Waals surface area contributed by atoms with Gasteiger partial charge in [0.2, 0.25) is 9.54 Å². The number of aromatic amines is 2. The smallest absolute Gasteiger partial charge is 0.215 e. The lowest BCUT2D eigenvalue weighted by Crippen LogP contribution is -1.95. The summed E-state index contributed by atoms with van der Waals surface area (Å²) in [5, 5.41) is 9.70. The topological polar surface area (TPSA) is 58.1 Å². The molecule has 0 atom stereocenters. The quantitative estimate of drug-likeness (QED) is 0.543. The monoisotopic (exact) mass is 342 g/mol. The van der Waals surface area contributed by atoms with Crippen molar-refractivity contribution in [3.8, 4) is 5.75 Å². The van der Waals surface area contributed by atoms with Crippen molar-refractivity contribution in [3.63, 3.8) is 0 Å². The Balaban J connectivity index is 1.65. The zero-order valence-electron chi connectivity index (χ0n) is 12.1. The minimum absolute atomic E-state index is 0.425. The Morgan fingerprint density at radius 1 is 0.957 bits per heavy atom.